The van der Waals surface area contributed by atoms with Crippen molar-refractivity contribution in [2.75, 3.05) is 0 Å². The summed E-state index contributed by atoms with van der Waals surface area (Å²) in [5.74, 6) is 0.843. The maximum absolute atomic E-state index is 11.5. The summed E-state index contributed by atoms with van der Waals surface area (Å²) in [6, 6.07) is 0. The van der Waals surface area contributed by atoms with Gasteiger partial charge < -0.3 is 9.16 Å². The molecule has 0 radical (unpaired) electrons. The van der Waals surface area contributed by atoms with Crippen molar-refractivity contribution < 1.29 is 14.0 Å². The van der Waals surface area contributed by atoms with Gasteiger partial charge in [-0.1, -0.05) is 40.3 Å². The van der Waals surface area contributed by atoms with Gasteiger partial charge in [-0.15, -0.1) is 0 Å². The lowest BCUT2D eigenvalue weighted by Crippen LogP contribution is -2.40. The van der Waals surface area contributed by atoms with Crippen LogP contribution in [-0.2, 0) is 14.0 Å². The minimum atomic E-state index is -1.85. The van der Waals surface area contributed by atoms with Crippen molar-refractivity contribution in [2.45, 2.75) is 58.4 Å². The standard InChI is InChI=1S/C16H26O3Si/c1-10-13-8-12(9-14(13)18-15(10)17)11(2)19-20(6,7)16(3,4)5/h8,10,13-14H,2,9H2,1,3-7H3/t10-,13-,14-/m0/s1. The molecule has 0 aromatic heterocycles. The van der Waals surface area contributed by atoms with E-state index in [1.54, 1.807) is 0 Å². The van der Waals surface area contributed by atoms with E-state index in [1.165, 1.54) is 0 Å². The number of carbonyl (C=O) groups excluding carboxylic acids is 1. The van der Waals surface area contributed by atoms with Gasteiger partial charge in [0.1, 0.15) is 6.10 Å². The number of hydrogen-bond donors (Lipinski definition) is 0. The van der Waals surface area contributed by atoms with Crippen LogP contribution in [-0.4, -0.2) is 20.4 Å². The molecule has 1 saturated heterocycles. The molecule has 3 atom stereocenters. The first-order valence-electron chi connectivity index (χ1n) is 7.32. The molecule has 0 aromatic carbocycles. The smallest absolute Gasteiger partial charge is 0.309 e. The van der Waals surface area contributed by atoms with Crippen LogP contribution in [0.2, 0.25) is 18.1 Å². The minimum absolute atomic E-state index is 0.00716. The molecule has 0 spiro atoms. The van der Waals surface area contributed by atoms with Crippen molar-refractivity contribution in [1.29, 1.82) is 0 Å². The number of allylic oxidation sites excluding steroid dienone is 1. The maximum Gasteiger partial charge on any atom is 0.309 e. The van der Waals surface area contributed by atoms with Gasteiger partial charge in [-0.05, 0) is 23.7 Å². The number of fused-ring (bicyclic) bond motifs is 1. The lowest BCUT2D eigenvalue weighted by molar-refractivity contribution is -0.143. The molecule has 2 rings (SSSR count). The number of esters is 1. The topological polar surface area (TPSA) is 35.5 Å². The molecular formula is C16H26O3Si. The first kappa shape index (κ1) is 15.4. The van der Waals surface area contributed by atoms with Crippen molar-refractivity contribution in [3.63, 3.8) is 0 Å². The summed E-state index contributed by atoms with van der Waals surface area (Å²) in [5, 5.41) is 0.157. The molecule has 2 aliphatic rings. The van der Waals surface area contributed by atoms with Crippen LogP contribution in [0.3, 0.4) is 0 Å². The van der Waals surface area contributed by atoms with Crippen LogP contribution in [0, 0.1) is 11.8 Å². The van der Waals surface area contributed by atoms with Crippen LogP contribution in [0.15, 0.2) is 24.0 Å². The van der Waals surface area contributed by atoms with E-state index in [9.17, 15) is 4.79 Å². The molecule has 1 aliphatic carbocycles. The van der Waals surface area contributed by atoms with Gasteiger partial charge in [-0.3, -0.25) is 4.79 Å². The molecule has 0 N–H and O–H groups in total. The van der Waals surface area contributed by atoms with Crippen molar-refractivity contribution in [3.05, 3.63) is 24.0 Å². The van der Waals surface area contributed by atoms with Crippen molar-refractivity contribution >= 4 is 14.3 Å². The second-order valence-electron chi connectivity index (χ2n) is 7.52. The van der Waals surface area contributed by atoms with Gasteiger partial charge >= 0.3 is 5.97 Å². The summed E-state index contributed by atoms with van der Waals surface area (Å²) in [6.07, 6.45) is 2.87. The number of hydrogen-bond acceptors (Lipinski definition) is 3. The Morgan fingerprint density at radius 3 is 2.55 bits per heavy atom. The Kier molecular flexibility index (Phi) is 3.65. The van der Waals surface area contributed by atoms with E-state index < -0.39 is 8.32 Å². The molecule has 20 heavy (non-hydrogen) atoms. The summed E-state index contributed by atoms with van der Waals surface area (Å²) < 4.78 is 11.6. The van der Waals surface area contributed by atoms with Gasteiger partial charge in [0.2, 0.25) is 8.32 Å². The molecule has 0 saturated carbocycles. The quantitative estimate of drug-likeness (QED) is 0.448. The van der Waals surface area contributed by atoms with E-state index in [1.807, 2.05) is 6.92 Å². The number of ether oxygens (including phenoxy) is 1. The fourth-order valence-corrected chi connectivity index (χ4v) is 3.55. The summed E-state index contributed by atoms with van der Waals surface area (Å²) in [4.78, 5) is 11.5. The molecule has 3 nitrogen and oxygen atoms in total. The van der Waals surface area contributed by atoms with E-state index in [0.29, 0.717) is 0 Å². The monoisotopic (exact) mass is 294 g/mol. The average Bonchev–Trinajstić information content (AvgIpc) is 2.79. The Hall–Kier alpha value is -1.03. The molecule has 4 heteroatoms. The number of carbonyl (C=O) groups is 1. The van der Waals surface area contributed by atoms with Gasteiger partial charge in [0.15, 0.2) is 0 Å². The highest BCUT2D eigenvalue weighted by Gasteiger charge is 2.46. The Morgan fingerprint density at radius 1 is 1.45 bits per heavy atom. The Balaban J connectivity index is 2.08. The van der Waals surface area contributed by atoms with Gasteiger partial charge in [-0.25, -0.2) is 0 Å². The molecule has 1 fully saturated rings. The third-order valence-corrected chi connectivity index (χ3v) is 9.37. The van der Waals surface area contributed by atoms with E-state index in [4.69, 9.17) is 9.16 Å². The maximum atomic E-state index is 11.5. The summed E-state index contributed by atoms with van der Waals surface area (Å²) in [5.41, 5.74) is 1.11. The van der Waals surface area contributed by atoms with Crippen LogP contribution >= 0.6 is 0 Å². The van der Waals surface area contributed by atoms with Crippen LogP contribution in [0.4, 0.5) is 0 Å². The third kappa shape index (κ3) is 2.58. The molecule has 0 unspecified atom stereocenters. The van der Waals surface area contributed by atoms with Gasteiger partial charge in [0.05, 0.1) is 11.7 Å². The Labute approximate surface area is 123 Å². The first-order chi connectivity index (χ1) is 9.03. The molecule has 1 heterocycles. The highest BCUT2D eigenvalue weighted by atomic mass is 28.4. The first-order valence-corrected chi connectivity index (χ1v) is 10.2. The zero-order valence-electron chi connectivity index (χ0n) is 13.4. The summed E-state index contributed by atoms with van der Waals surface area (Å²) >= 11 is 0. The fourth-order valence-electron chi connectivity index (χ4n) is 2.49. The molecule has 1 aliphatic heterocycles. The van der Waals surface area contributed by atoms with E-state index in [2.05, 4.69) is 46.5 Å². The third-order valence-electron chi connectivity index (χ3n) is 5.00. The van der Waals surface area contributed by atoms with Gasteiger partial charge in [0, 0.05) is 12.3 Å². The predicted molar refractivity (Wildman–Crippen MR) is 82.7 cm³/mol. The lowest BCUT2D eigenvalue weighted by atomic mass is 9.95. The van der Waals surface area contributed by atoms with Gasteiger partial charge in [-0.2, -0.15) is 0 Å². The number of rotatable bonds is 3. The predicted octanol–water partition coefficient (Wildman–Crippen LogP) is 4.03. The Bertz CT molecular complexity index is 471. The van der Waals surface area contributed by atoms with E-state index in [0.717, 1.165) is 17.8 Å². The summed E-state index contributed by atoms with van der Waals surface area (Å²) in [7, 11) is -1.85. The van der Waals surface area contributed by atoms with Crippen LogP contribution in [0.5, 0.6) is 0 Å². The minimum Gasteiger partial charge on any atom is -0.544 e. The molecule has 0 bridgehead atoms. The zero-order valence-corrected chi connectivity index (χ0v) is 14.4. The van der Waals surface area contributed by atoms with Crippen LogP contribution < -0.4 is 0 Å². The van der Waals surface area contributed by atoms with Crippen LogP contribution in [0.25, 0.3) is 0 Å². The van der Waals surface area contributed by atoms with Crippen molar-refractivity contribution in [3.8, 4) is 0 Å². The summed E-state index contributed by atoms with van der Waals surface area (Å²) in [6.45, 7) is 17.1. The molecule has 112 valence electrons. The largest absolute Gasteiger partial charge is 0.544 e. The van der Waals surface area contributed by atoms with E-state index >= 15 is 0 Å². The highest BCUT2D eigenvalue weighted by Crippen LogP contribution is 2.43. The SMILES string of the molecule is C=C(O[Si](C)(C)C(C)(C)C)C1=C[C@@H]2[C@H](C1)OC(=O)[C@H]2C. The zero-order chi connectivity index (χ0) is 15.3. The Morgan fingerprint density at radius 2 is 2.05 bits per heavy atom. The molecular weight excluding hydrogens is 268 g/mol. The van der Waals surface area contributed by atoms with Gasteiger partial charge in [0.25, 0.3) is 0 Å². The van der Waals surface area contributed by atoms with Crippen LogP contribution in [0.1, 0.15) is 34.1 Å². The molecule has 0 amide bonds. The van der Waals surface area contributed by atoms with E-state index in [-0.39, 0.29) is 28.9 Å². The average molecular weight is 294 g/mol. The normalized spacial score (nSPS) is 29.8. The molecule has 0 aromatic rings. The highest BCUT2D eigenvalue weighted by molar-refractivity contribution is 6.74. The van der Waals surface area contributed by atoms with Crippen molar-refractivity contribution in [1.82, 2.24) is 0 Å². The second kappa shape index (κ2) is 4.76. The van der Waals surface area contributed by atoms with Crippen molar-refractivity contribution in [2.24, 2.45) is 11.8 Å². The fraction of sp³-hybridized carbons (Fsp3) is 0.688. The second-order valence-corrected chi connectivity index (χ2v) is 12.2. The lowest BCUT2D eigenvalue weighted by Gasteiger charge is -2.37.